The van der Waals surface area contributed by atoms with E-state index in [1.165, 1.54) is 6.92 Å². The molecule has 0 aromatic carbocycles. The van der Waals surface area contributed by atoms with Gasteiger partial charge < -0.3 is 15.4 Å². The summed E-state index contributed by atoms with van der Waals surface area (Å²) < 4.78 is 5.22. The van der Waals surface area contributed by atoms with Gasteiger partial charge in [0.25, 0.3) is 0 Å². The number of amides is 1. The molecule has 4 heteroatoms. The molecule has 0 fully saturated rings. The largest absolute Gasteiger partial charge is 0.380 e. The van der Waals surface area contributed by atoms with Crippen molar-refractivity contribution in [2.45, 2.75) is 26.8 Å². The van der Waals surface area contributed by atoms with Crippen molar-refractivity contribution in [1.82, 2.24) is 10.6 Å². The molecule has 1 atom stereocenters. The van der Waals surface area contributed by atoms with Crippen LogP contribution < -0.4 is 10.6 Å². The average Bonchev–Trinajstić information content (AvgIpc) is 2.08. The molecule has 0 rings (SSSR count). The van der Waals surface area contributed by atoms with Gasteiger partial charge in [0.1, 0.15) is 0 Å². The quantitative estimate of drug-likeness (QED) is 0.559. The Morgan fingerprint density at radius 1 is 1.46 bits per heavy atom. The molecular weight excluding hydrogens is 168 g/mol. The van der Waals surface area contributed by atoms with Crippen molar-refractivity contribution in [2.75, 3.05) is 26.3 Å². The van der Waals surface area contributed by atoms with Crippen LogP contribution in [-0.4, -0.2) is 38.3 Å². The van der Waals surface area contributed by atoms with Crippen LogP contribution in [0.15, 0.2) is 0 Å². The second-order valence-corrected chi connectivity index (χ2v) is 3.00. The molecule has 0 radical (unpaired) electrons. The van der Waals surface area contributed by atoms with Gasteiger partial charge in [0.05, 0.1) is 6.61 Å². The van der Waals surface area contributed by atoms with E-state index in [4.69, 9.17) is 4.74 Å². The lowest BCUT2D eigenvalue weighted by atomic mass is 10.3. The first-order valence-electron chi connectivity index (χ1n) is 4.72. The number of ether oxygens (including phenoxy) is 1. The van der Waals surface area contributed by atoms with Gasteiger partial charge in [0.15, 0.2) is 0 Å². The highest BCUT2D eigenvalue weighted by atomic mass is 16.5. The molecule has 0 spiro atoms. The van der Waals surface area contributed by atoms with Gasteiger partial charge in [0, 0.05) is 32.7 Å². The lowest BCUT2D eigenvalue weighted by Gasteiger charge is -2.13. The highest BCUT2D eigenvalue weighted by Gasteiger charge is 1.99. The SMILES string of the molecule is CCOCC(C)NCCNC(C)=O. The van der Waals surface area contributed by atoms with Crippen LogP contribution in [-0.2, 0) is 9.53 Å². The van der Waals surface area contributed by atoms with Gasteiger partial charge in [-0.3, -0.25) is 4.79 Å². The minimum atomic E-state index is 0.0132. The predicted molar refractivity (Wildman–Crippen MR) is 52.6 cm³/mol. The molecule has 0 heterocycles. The summed E-state index contributed by atoms with van der Waals surface area (Å²) in [6.45, 7) is 8.48. The van der Waals surface area contributed by atoms with E-state index < -0.39 is 0 Å². The minimum Gasteiger partial charge on any atom is -0.380 e. The van der Waals surface area contributed by atoms with Crippen molar-refractivity contribution in [3.8, 4) is 0 Å². The third-order valence-corrected chi connectivity index (χ3v) is 1.56. The molecule has 78 valence electrons. The first-order valence-corrected chi connectivity index (χ1v) is 4.72. The van der Waals surface area contributed by atoms with Crippen molar-refractivity contribution in [3.05, 3.63) is 0 Å². The Balaban J connectivity index is 3.16. The third-order valence-electron chi connectivity index (χ3n) is 1.56. The van der Waals surface area contributed by atoms with Gasteiger partial charge in [-0.25, -0.2) is 0 Å². The standard InChI is InChI=1S/C9H20N2O2/c1-4-13-7-8(2)10-5-6-11-9(3)12/h8,10H,4-7H2,1-3H3,(H,11,12). The van der Waals surface area contributed by atoms with Crippen LogP contribution in [0.2, 0.25) is 0 Å². The van der Waals surface area contributed by atoms with Crippen LogP contribution in [0.3, 0.4) is 0 Å². The normalized spacial score (nSPS) is 12.5. The molecule has 1 unspecified atom stereocenters. The summed E-state index contributed by atoms with van der Waals surface area (Å²) in [7, 11) is 0. The van der Waals surface area contributed by atoms with Crippen molar-refractivity contribution in [2.24, 2.45) is 0 Å². The molecule has 0 aromatic rings. The monoisotopic (exact) mass is 188 g/mol. The van der Waals surface area contributed by atoms with E-state index in [0.29, 0.717) is 12.6 Å². The summed E-state index contributed by atoms with van der Waals surface area (Å²) in [6, 6.07) is 0.341. The number of hydrogen-bond acceptors (Lipinski definition) is 3. The van der Waals surface area contributed by atoms with Gasteiger partial charge in [-0.05, 0) is 13.8 Å². The van der Waals surface area contributed by atoms with E-state index in [-0.39, 0.29) is 5.91 Å². The molecule has 4 nitrogen and oxygen atoms in total. The molecule has 13 heavy (non-hydrogen) atoms. The average molecular weight is 188 g/mol. The number of hydrogen-bond donors (Lipinski definition) is 2. The Morgan fingerprint density at radius 2 is 2.15 bits per heavy atom. The zero-order valence-electron chi connectivity index (χ0n) is 8.72. The molecule has 0 aliphatic heterocycles. The van der Waals surface area contributed by atoms with Crippen LogP contribution in [0.25, 0.3) is 0 Å². The van der Waals surface area contributed by atoms with Gasteiger partial charge in [0.2, 0.25) is 5.91 Å². The maximum Gasteiger partial charge on any atom is 0.216 e. The van der Waals surface area contributed by atoms with Crippen molar-refractivity contribution in [3.63, 3.8) is 0 Å². The summed E-state index contributed by atoms with van der Waals surface area (Å²) >= 11 is 0. The molecule has 0 saturated carbocycles. The molecule has 0 saturated heterocycles. The lowest BCUT2D eigenvalue weighted by Crippen LogP contribution is -2.37. The van der Waals surface area contributed by atoms with Crippen molar-refractivity contribution in [1.29, 1.82) is 0 Å². The highest BCUT2D eigenvalue weighted by molar-refractivity contribution is 5.72. The first-order chi connectivity index (χ1) is 6.16. The molecular formula is C9H20N2O2. The molecule has 2 N–H and O–H groups in total. The number of carbonyl (C=O) groups excluding carboxylic acids is 1. The second-order valence-electron chi connectivity index (χ2n) is 3.00. The van der Waals surface area contributed by atoms with E-state index >= 15 is 0 Å². The smallest absolute Gasteiger partial charge is 0.216 e. The van der Waals surface area contributed by atoms with E-state index in [0.717, 1.165) is 19.8 Å². The van der Waals surface area contributed by atoms with E-state index in [1.54, 1.807) is 0 Å². The van der Waals surface area contributed by atoms with Crippen LogP contribution >= 0.6 is 0 Å². The van der Waals surface area contributed by atoms with Gasteiger partial charge >= 0.3 is 0 Å². The Hall–Kier alpha value is -0.610. The number of carbonyl (C=O) groups is 1. The van der Waals surface area contributed by atoms with E-state index in [2.05, 4.69) is 17.6 Å². The fourth-order valence-electron chi connectivity index (χ4n) is 0.911. The summed E-state index contributed by atoms with van der Waals surface area (Å²) in [5.74, 6) is 0.0132. The third kappa shape index (κ3) is 9.30. The van der Waals surface area contributed by atoms with Crippen LogP contribution in [0.5, 0.6) is 0 Å². The maximum atomic E-state index is 10.5. The summed E-state index contributed by atoms with van der Waals surface area (Å²) in [6.07, 6.45) is 0. The molecule has 0 aliphatic rings. The number of rotatable bonds is 7. The van der Waals surface area contributed by atoms with Crippen LogP contribution in [0.4, 0.5) is 0 Å². The number of nitrogens with one attached hydrogen (secondary N) is 2. The summed E-state index contributed by atoms with van der Waals surface area (Å²) in [5, 5.41) is 5.95. The lowest BCUT2D eigenvalue weighted by molar-refractivity contribution is -0.118. The van der Waals surface area contributed by atoms with Crippen LogP contribution in [0, 0.1) is 0 Å². The molecule has 0 bridgehead atoms. The molecule has 0 aliphatic carbocycles. The van der Waals surface area contributed by atoms with E-state index in [1.807, 2.05) is 6.92 Å². The fourth-order valence-corrected chi connectivity index (χ4v) is 0.911. The summed E-state index contributed by atoms with van der Waals surface area (Å²) in [5.41, 5.74) is 0. The first kappa shape index (κ1) is 12.4. The Kier molecular flexibility index (Phi) is 7.63. The zero-order valence-corrected chi connectivity index (χ0v) is 8.72. The maximum absolute atomic E-state index is 10.5. The topological polar surface area (TPSA) is 50.4 Å². The van der Waals surface area contributed by atoms with Gasteiger partial charge in [-0.2, -0.15) is 0 Å². The Morgan fingerprint density at radius 3 is 2.69 bits per heavy atom. The zero-order chi connectivity index (χ0) is 10.1. The Labute approximate surface area is 80.0 Å². The molecule has 1 amide bonds. The molecule has 0 aromatic heterocycles. The summed E-state index contributed by atoms with van der Waals surface area (Å²) in [4.78, 5) is 10.5. The van der Waals surface area contributed by atoms with Crippen LogP contribution in [0.1, 0.15) is 20.8 Å². The Bertz CT molecular complexity index is 140. The minimum absolute atomic E-state index is 0.0132. The van der Waals surface area contributed by atoms with Crippen molar-refractivity contribution >= 4 is 5.91 Å². The predicted octanol–water partition coefficient (Wildman–Crippen LogP) is 0.137. The second kappa shape index (κ2) is 8.01. The van der Waals surface area contributed by atoms with E-state index in [9.17, 15) is 4.79 Å². The fraction of sp³-hybridized carbons (Fsp3) is 0.889. The van der Waals surface area contributed by atoms with Gasteiger partial charge in [-0.15, -0.1) is 0 Å². The van der Waals surface area contributed by atoms with Gasteiger partial charge in [-0.1, -0.05) is 0 Å². The highest BCUT2D eigenvalue weighted by Crippen LogP contribution is 1.82. The van der Waals surface area contributed by atoms with Crippen molar-refractivity contribution < 1.29 is 9.53 Å².